The molecule has 0 saturated carbocycles. The summed E-state index contributed by atoms with van der Waals surface area (Å²) in [6.07, 6.45) is -31.2. The average Bonchev–Trinajstić information content (AvgIpc) is 3.15. The highest BCUT2D eigenvalue weighted by Crippen LogP contribution is 2.35. The number of amides is 2. The van der Waals surface area contributed by atoms with Gasteiger partial charge in [-0.15, -0.1) is 0 Å². The van der Waals surface area contributed by atoms with E-state index in [1.54, 1.807) is 6.92 Å². The van der Waals surface area contributed by atoms with Crippen LogP contribution in [-0.2, 0) is 71.3 Å². The van der Waals surface area contributed by atoms with Crippen LogP contribution in [0.1, 0.15) is 20.8 Å². The van der Waals surface area contributed by atoms with Crippen LogP contribution in [0.25, 0.3) is 0 Å². The molecule has 10 N–H and O–H groups in total. The maximum atomic E-state index is 12.3. The van der Waals surface area contributed by atoms with Crippen molar-refractivity contribution in [2.75, 3.05) is 26.9 Å². The van der Waals surface area contributed by atoms with Crippen LogP contribution >= 0.6 is 0 Å². The molecule has 4 aliphatic rings. The third-order valence-electron chi connectivity index (χ3n) is 9.31. The molecule has 8 unspecified atom stereocenters. The Kier molecular flexibility index (Phi) is 17.0. The topological polar surface area (TPSA) is 356 Å². The van der Waals surface area contributed by atoms with Crippen LogP contribution in [0.5, 0.6) is 0 Å². The van der Waals surface area contributed by atoms with E-state index in [0.717, 1.165) is 13.8 Å². The molecule has 20 atom stereocenters. The van der Waals surface area contributed by atoms with Crippen LogP contribution in [0.15, 0.2) is 0 Å². The molecule has 0 radical (unpaired) electrons. The fourth-order valence-electron chi connectivity index (χ4n) is 6.71. The maximum Gasteiger partial charge on any atom is 0.295 e. The number of aliphatic hydroxyl groups is 8. The smallest absolute Gasteiger partial charge is 0.295 e. The summed E-state index contributed by atoms with van der Waals surface area (Å²) >= 11 is 0. The van der Waals surface area contributed by atoms with E-state index in [2.05, 4.69) is 10.6 Å². The normalized spacial score (nSPS) is 44.3. The number of methoxy groups -OCH3 is 1. The Hall–Kier alpha value is -2.80. The Bertz CT molecular complexity index is 1290. The summed E-state index contributed by atoms with van der Waals surface area (Å²) < 4.78 is 60.2. The van der Waals surface area contributed by atoms with Crippen molar-refractivity contribution in [2.45, 2.75) is 144 Å². The highest BCUT2D eigenvalue weighted by atomic mass is 16.8. The molecule has 0 spiro atoms. The minimum Gasteiger partial charge on any atom is -0.435 e. The van der Waals surface area contributed by atoms with Gasteiger partial charge in [-0.05, 0) is 6.92 Å². The van der Waals surface area contributed by atoms with Crippen LogP contribution in [-0.4, -0.2) is 216 Å². The molecular weight excluding hydrogens is 768 g/mol. The number of aliphatic hydroxyl groups excluding tert-OH is 8. The zero-order valence-electron chi connectivity index (χ0n) is 30.5. The number of carbonyl (C=O) groups excluding carboxylic acids is 4. The Labute approximate surface area is 318 Å². The first-order valence-electron chi connectivity index (χ1n) is 17.4. The van der Waals surface area contributed by atoms with E-state index in [-0.39, 0.29) is 19.6 Å². The lowest BCUT2D eigenvalue weighted by molar-refractivity contribution is -0.398. The number of ether oxygens (including phenoxy) is 11. The monoisotopic (exact) mass is 818 g/mol. The maximum absolute atomic E-state index is 12.3. The van der Waals surface area contributed by atoms with Gasteiger partial charge in [0.05, 0.1) is 13.2 Å². The molecule has 25 nitrogen and oxygen atoms in total. The van der Waals surface area contributed by atoms with Crippen LogP contribution in [0, 0.1) is 0 Å². The first-order valence-corrected chi connectivity index (χ1v) is 17.4. The van der Waals surface area contributed by atoms with Gasteiger partial charge in [0.25, 0.3) is 12.9 Å². The van der Waals surface area contributed by atoms with Crippen LogP contribution in [0.3, 0.4) is 0 Å². The molecule has 0 bridgehead atoms. The minimum absolute atomic E-state index is 0.0282. The van der Waals surface area contributed by atoms with E-state index in [4.69, 9.17) is 52.1 Å². The van der Waals surface area contributed by atoms with Gasteiger partial charge in [0.15, 0.2) is 37.4 Å². The van der Waals surface area contributed by atoms with Crippen molar-refractivity contribution in [3.8, 4) is 0 Å². The molecule has 4 rings (SSSR count). The second-order valence-electron chi connectivity index (χ2n) is 13.0. The molecule has 0 aromatic carbocycles. The Morgan fingerprint density at radius 1 is 0.571 bits per heavy atom. The standard InChI is InChI=1S/C31H50N2O23/c1-5-47-28-20(44)18(42)24(30(55-28)48-8-36)53-27-15(33-11(3)39)17(41)23(13(7-35)51-27)52-29-21(45)19(43)25(31(56-29)49-9-37)54-26-14(32-10(2)38)16(40)22(46-4)12(6-34)50-26/h8-9,12-31,34-35,40-45H,5-7H2,1-4H3,(H,32,38)(H,33,39)/t12?,13?,14?,15?,16-,17-,18-,19-,20?,21?,22-,23-,24+,25+,26-,27-,28-,29-,30?,31?/m1/s1. The van der Waals surface area contributed by atoms with E-state index < -0.39 is 148 Å². The predicted molar refractivity (Wildman–Crippen MR) is 171 cm³/mol. The van der Waals surface area contributed by atoms with Gasteiger partial charge in [-0.3, -0.25) is 19.2 Å². The highest BCUT2D eigenvalue weighted by Gasteiger charge is 2.56. The summed E-state index contributed by atoms with van der Waals surface area (Å²) in [6.45, 7) is 1.98. The highest BCUT2D eigenvalue weighted by molar-refractivity contribution is 5.73. The minimum atomic E-state index is -2.12. The number of hydrogen-bond acceptors (Lipinski definition) is 23. The fourth-order valence-corrected chi connectivity index (χ4v) is 6.71. The van der Waals surface area contributed by atoms with Crippen molar-refractivity contribution in [1.29, 1.82) is 0 Å². The molecule has 4 saturated heterocycles. The third kappa shape index (κ3) is 10.2. The molecule has 4 heterocycles. The number of nitrogens with one attached hydrogen (secondary N) is 2. The van der Waals surface area contributed by atoms with Crippen molar-refractivity contribution >= 4 is 24.8 Å². The van der Waals surface area contributed by atoms with Crippen LogP contribution < -0.4 is 10.6 Å². The summed E-state index contributed by atoms with van der Waals surface area (Å²) in [5.41, 5.74) is 0. The van der Waals surface area contributed by atoms with Gasteiger partial charge < -0.3 is 104 Å². The third-order valence-corrected chi connectivity index (χ3v) is 9.31. The SMILES string of the molecule is CCO[C@@H]1OC(OC=O)[C@@H](O[C@H]2OC(CO)[C@@H](O[C@@H]3OC(OC=O)[C@@H](O[C@H]4OC(CO)[C@@H](OC)[C@H](O)C4NC(C)=O)[C@H](O)C3O)[C@H](O)C2NC(C)=O)[C@H](O)C1O. The van der Waals surface area contributed by atoms with Crippen molar-refractivity contribution in [2.24, 2.45) is 0 Å². The lowest BCUT2D eigenvalue weighted by Gasteiger charge is -2.49. The number of hydrogen-bond donors (Lipinski definition) is 10. The predicted octanol–water partition coefficient (Wildman–Crippen LogP) is -7.49. The summed E-state index contributed by atoms with van der Waals surface area (Å²) in [6, 6.07) is -3.03. The lowest BCUT2D eigenvalue weighted by Crippen LogP contribution is -2.70. The second-order valence-corrected chi connectivity index (χ2v) is 13.0. The average molecular weight is 819 g/mol. The summed E-state index contributed by atoms with van der Waals surface area (Å²) in [5, 5.41) is 91.2. The fraction of sp³-hybridized carbons (Fsp3) is 0.871. The van der Waals surface area contributed by atoms with Gasteiger partial charge in [-0.25, -0.2) is 0 Å². The molecule has 0 aromatic heterocycles. The van der Waals surface area contributed by atoms with Crippen molar-refractivity contribution in [3.05, 3.63) is 0 Å². The van der Waals surface area contributed by atoms with Gasteiger partial charge >= 0.3 is 0 Å². The van der Waals surface area contributed by atoms with E-state index in [1.165, 1.54) is 7.11 Å². The molecule has 25 heteroatoms. The van der Waals surface area contributed by atoms with Crippen molar-refractivity contribution < 1.29 is 112 Å². The van der Waals surface area contributed by atoms with Crippen LogP contribution in [0.2, 0.25) is 0 Å². The first-order chi connectivity index (χ1) is 26.6. The molecule has 56 heavy (non-hydrogen) atoms. The van der Waals surface area contributed by atoms with E-state index in [1.807, 2.05) is 0 Å². The number of rotatable bonds is 17. The molecule has 0 aliphatic carbocycles. The summed E-state index contributed by atoms with van der Waals surface area (Å²) in [4.78, 5) is 47.1. The Morgan fingerprint density at radius 2 is 0.982 bits per heavy atom. The largest absolute Gasteiger partial charge is 0.435 e. The first kappa shape index (κ1) is 45.9. The van der Waals surface area contributed by atoms with E-state index >= 15 is 0 Å². The van der Waals surface area contributed by atoms with Crippen molar-refractivity contribution in [3.63, 3.8) is 0 Å². The van der Waals surface area contributed by atoms with Gasteiger partial charge in [0.2, 0.25) is 24.4 Å². The van der Waals surface area contributed by atoms with E-state index in [0.29, 0.717) is 0 Å². The van der Waals surface area contributed by atoms with E-state index in [9.17, 15) is 60.0 Å². The van der Waals surface area contributed by atoms with Gasteiger partial charge in [0.1, 0.15) is 73.1 Å². The molecule has 2 amide bonds. The molecule has 0 aromatic rings. The molecule has 4 aliphatic heterocycles. The van der Waals surface area contributed by atoms with Gasteiger partial charge in [-0.2, -0.15) is 0 Å². The quantitative estimate of drug-likeness (QED) is 0.0609. The zero-order valence-corrected chi connectivity index (χ0v) is 30.5. The van der Waals surface area contributed by atoms with Gasteiger partial charge in [-0.1, -0.05) is 0 Å². The Balaban J connectivity index is 1.55. The van der Waals surface area contributed by atoms with Gasteiger partial charge in [0, 0.05) is 27.6 Å². The second kappa shape index (κ2) is 20.8. The Morgan fingerprint density at radius 3 is 1.39 bits per heavy atom. The number of carbonyl (C=O) groups is 4. The molecule has 322 valence electrons. The molecular formula is C31H50N2O23. The molecule has 4 fully saturated rings. The zero-order chi connectivity index (χ0) is 41.4. The summed E-state index contributed by atoms with van der Waals surface area (Å²) in [5.74, 6) is -1.41. The van der Waals surface area contributed by atoms with Crippen molar-refractivity contribution in [1.82, 2.24) is 10.6 Å². The van der Waals surface area contributed by atoms with Crippen LogP contribution in [0.4, 0.5) is 0 Å². The lowest BCUT2D eigenvalue weighted by atomic mass is 9.95. The summed E-state index contributed by atoms with van der Waals surface area (Å²) in [7, 11) is 1.22.